The summed E-state index contributed by atoms with van der Waals surface area (Å²) in [5, 5.41) is 37.6. The Morgan fingerprint density at radius 2 is 1.96 bits per heavy atom. The number of allylic oxidation sites excluding steroid dienone is 1. The maximum atomic E-state index is 12.0. The Hall–Kier alpha value is -2.94. The summed E-state index contributed by atoms with van der Waals surface area (Å²) in [5.41, 5.74) is -1.47. The standard InChI is InChI=1S/C15H13NO7/c1-8-6-13(19)14(15(20)23-8)12(18)5-3-9-2-4-11(17)10(7-9)16(21)22/h2-7,16-17,19,21H,1H3. The average Bonchev–Trinajstić information content (AvgIpc) is 2.45. The van der Waals surface area contributed by atoms with Crippen molar-refractivity contribution in [3.8, 4) is 11.5 Å². The molecule has 1 heterocycles. The summed E-state index contributed by atoms with van der Waals surface area (Å²) in [4.78, 5) is 23.6. The molecule has 1 aromatic heterocycles. The van der Waals surface area contributed by atoms with Gasteiger partial charge in [-0.15, -0.1) is 0 Å². The smallest absolute Gasteiger partial charge is 0.351 e. The molecule has 0 radical (unpaired) electrons. The van der Waals surface area contributed by atoms with E-state index in [2.05, 4.69) is 0 Å². The Labute approximate surface area is 129 Å². The van der Waals surface area contributed by atoms with Crippen molar-refractivity contribution in [3.63, 3.8) is 0 Å². The van der Waals surface area contributed by atoms with E-state index in [9.17, 15) is 25.0 Å². The summed E-state index contributed by atoms with van der Waals surface area (Å²) < 4.78 is 4.75. The second kappa shape index (κ2) is 6.44. The lowest BCUT2D eigenvalue weighted by atomic mass is 10.1. The zero-order valence-corrected chi connectivity index (χ0v) is 11.9. The number of hydrogen-bond acceptors (Lipinski definition) is 7. The van der Waals surface area contributed by atoms with Gasteiger partial charge < -0.3 is 19.8 Å². The third-order valence-electron chi connectivity index (χ3n) is 2.98. The number of aromatic hydroxyl groups is 2. The van der Waals surface area contributed by atoms with Gasteiger partial charge in [-0.1, -0.05) is 12.1 Å². The molecule has 0 saturated carbocycles. The fourth-order valence-corrected chi connectivity index (χ4v) is 1.91. The van der Waals surface area contributed by atoms with Gasteiger partial charge in [-0.2, -0.15) is 5.23 Å². The molecule has 4 N–H and O–H groups in total. The highest BCUT2D eigenvalue weighted by molar-refractivity contribution is 6.08. The number of phenols is 1. The first-order valence-electron chi connectivity index (χ1n) is 6.42. The second-order valence-electron chi connectivity index (χ2n) is 4.68. The predicted molar refractivity (Wildman–Crippen MR) is 78.6 cm³/mol. The Bertz CT molecular complexity index is 836. The summed E-state index contributed by atoms with van der Waals surface area (Å²) in [6.07, 6.45) is 2.26. The van der Waals surface area contributed by atoms with Crippen LogP contribution < -0.4 is 10.9 Å². The van der Waals surface area contributed by atoms with Crippen molar-refractivity contribution in [3.05, 3.63) is 62.9 Å². The van der Waals surface area contributed by atoms with E-state index in [1.807, 2.05) is 0 Å². The lowest BCUT2D eigenvalue weighted by Crippen LogP contribution is -2.99. The topological polar surface area (TPSA) is 135 Å². The van der Waals surface area contributed by atoms with Gasteiger partial charge in [0.1, 0.15) is 17.1 Å². The van der Waals surface area contributed by atoms with Crippen LogP contribution in [-0.2, 0) is 0 Å². The minimum atomic E-state index is -1.32. The van der Waals surface area contributed by atoms with Gasteiger partial charge in [0.2, 0.25) is 5.69 Å². The Morgan fingerprint density at radius 3 is 2.57 bits per heavy atom. The molecule has 0 fully saturated rings. The van der Waals surface area contributed by atoms with Crippen LogP contribution in [0.4, 0.5) is 5.69 Å². The molecule has 1 aromatic carbocycles. The van der Waals surface area contributed by atoms with Gasteiger partial charge in [0.05, 0.1) is 0 Å². The zero-order chi connectivity index (χ0) is 17.1. The molecule has 1 unspecified atom stereocenters. The van der Waals surface area contributed by atoms with E-state index in [-0.39, 0.29) is 11.4 Å². The molecular weight excluding hydrogens is 306 g/mol. The van der Waals surface area contributed by atoms with Crippen LogP contribution in [0, 0.1) is 12.1 Å². The number of nitrogens with one attached hydrogen (secondary N) is 1. The normalized spacial score (nSPS) is 12.5. The first-order chi connectivity index (χ1) is 10.8. The SMILES string of the molecule is Cc1cc(O)c(C(=O)C=Cc2ccc(O)c([NH+]([O-])O)c2)c(=O)o1. The summed E-state index contributed by atoms with van der Waals surface area (Å²) in [7, 11) is 0. The highest BCUT2D eigenvalue weighted by Gasteiger charge is 2.16. The minimum Gasteiger partial charge on any atom is -0.595 e. The first-order valence-corrected chi connectivity index (χ1v) is 6.42. The van der Waals surface area contributed by atoms with Crippen LogP contribution in [0.5, 0.6) is 11.5 Å². The number of aryl methyl sites for hydroxylation is 1. The van der Waals surface area contributed by atoms with E-state index in [0.29, 0.717) is 5.56 Å². The lowest BCUT2D eigenvalue weighted by Gasteiger charge is -2.13. The summed E-state index contributed by atoms with van der Waals surface area (Å²) in [5.74, 6) is -1.53. The van der Waals surface area contributed by atoms with Crippen molar-refractivity contribution in [1.82, 2.24) is 0 Å². The average molecular weight is 319 g/mol. The number of carbonyl (C=O) groups is 1. The van der Waals surface area contributed by atoms with Crippen molar-refractivity contribution in [2.24, 2.45) is 0 Å². The Kier molecular flexibility index (Phi) is 4.60. The lowest BCUT2D eigenvalue weighted by molar-refractivity contribution is -0.991. The molecule has 8 nitrogen and oxygen atoms in total. The van der Waals surface area contributed by atoms with Crippen molar-refractivity contribution >= 4 is 17.5 Å². The molecule has 0 amide bonds. The van der Waals surface area contributed by atoms with Crippen LogP contribution in [0.2, 0.25) is 0 Å². The maximum absolute atomic E-state index is 12.0. The highest BCUT2D eigenvalue weighted by atomic mass is 16.8. The number of phenolic OH excluding ortho intramolecular Hbond substituents is 1. The maximum Gasteiger partial charge on any atom is 0.351 e. The number of quaternary nitrogens is 1. The second-order valence-corrected chi connectivity index (χ2v) is 4.68. The molecule has 0 aliphatic heterocycles. The zero-order valence-electron chi connectivity index (χ0n) is 11.9. The molecule has 0 spiro atoms. The Morgan fingerprint density at radius 1 is 1.26 bits per heavy atom. The molecule has 2 rings (SSSR count). The highest BCUT2D eigenvalue weighted by Crippen LogP contribution is 2.21. The molecule has 8 heteroatoms. The van der Waals surface area contributed by atoms with Crippen molar-refractivity contribution in [2.75, 3.05) is 0 Å². The molecule has 0 bridgehead atoms. The van der Waals surface area contributed by atoms with Crippen molar-refractivity contribution in [2.45, 2.75) is 6.92 Å². The summed E-state index contributed by atoms with van der Waals surface area (Å²) >= 11 is 0. The van der Waals surface area contributed by atoms with E-state index in [0.717, 1.165) is 12.1 Å². The molecule has 2 aromatic rings. The van der Waals surface area contributed by atoms with Gasteiger partial charge in [-0.05, 0) is 24.6 Å². The fourth-order valence-electron chi connectivity index (χ4n) is 1.91. The first kappa shape index (κ1) is 16.4. The third kappa shape index (κ3) is 3.64. The van der Waals surface area contributed by atoms with Gasteiger partial charge >= 0.3 is 5.63 Å². The molecule has 1 atom stereocenters. The molecule has 0 aliphatic carbocycles. The minimum absolute atomic E-state index is 0.165. The van der Waals surface area contributed by atoms with Crippen molar-refractivity contribution in [1.29, 1.82) is 0 Å². The molecule has 120 valence electrons. The van der Waals surface area contributed by atoms with E-state index in [4.69, 9.17) is 9.62 Å². The van der Waals surface area contributed by atoms with Gasteiger partial charge in [0, 0.05) is 12.1 Å². The summed E-state index contributed by atoms with van der Waals surface area (Å²) in [6, 6.07) is 4.87. The van der Waals surface area contributed by atoms with Crippen LogP contribution in [-0.4, -0.2) is 21.2 Å². The fraction of sp³-hybridized carbons (Fsp3) is 0.0667. The van der Waals surface area contributed by atoms with Crippen LogP contribution in [0.15, 0.2) is 39.6 Å². The van der Waals surface area contributed by atoms with Crippen LogP contribution >= 0.6 is 0 Å². The molecule has 0 saturated heterocycles. The van der Waals surface area contributed by atoms with Crippen LogP contribution in [0.25, 0.3) is 6.08 Å². The third-order valence-corrected chi connectivity index (χ3v) is 2.98. The van der Waals surface area contributed by atoms with E-state index in [1.165, 1.54) is 31.2 Å². The largest absolute Gasteiger partial charge is 0.595 e. The van der Waals surface area contributed by atoms with Gasteiger partial charge in [-0.25, -0.2) is 10.0 Å². The van der Waals surface area contributed by atoms with Gasteiger partial charge in [0.15, 0.2) is 11.5 Å². The van der Waals surface area contributed by atoms with E-state index in [1.54, 1.807) is 0 Å². The van der Waals surface area contributed by atoms with Gasteiger partial charge in [0.25, 0.3) is 0 Å². The summed E-state index contributed by atoms with van der Waals surface area (Å²) in [6.45, 7) is 1.45. The molecular formula is C15H13NO7. The Balaban J connectivity index is 2.33. The number of ketones is 1. The number of carbonyl (C=O) groups excluding carboxylic acids is 1. The van der Waals surface area contributed by atoms with Crippen molar-refractivity contribution < 1.29 is 29.9 Å². The molecule has 0 aliphatic rings. The molecule has 23 heavy (non-hydrogen) atoms. The van der Waals surface area contributed by atoms with E-state index >= 15 is 0 Å². The van der Waals surface area contributed by atoms with Crippen LogP contribution in [0.3, 0.4) is 0 Å². The quantitative estimate of drug-likeness (QED) is 0.281. The van der Waals surface area contributed by atoms with Crippen LogP contribution in [0.1, 0.15) is 21.7 Å². The predicted octanol–water partition coefficient (Wildman–Crippen LogP) is 0.659. The number of rotatable bonds is 4. The van der Waals surface area contributed by atoms with Gasteiger partial charge in [-0.3, -0.25) is 4.79 Å². The monoisotopic (exact) mass is 319 g/mol. The van der Waals surface area contributed by atoms with E-state index < -0.39 is 33.7 Å². The number of benzene rings is 1. The number of hydrogen-bond donors (Lipinski definition) is 4.